The van der Waals surface area contributed by atoms with Crippen molar-refractivity contribution < 1.29 is 12.8 Å². The lowest BCUT2D eigenvalue weighted by molar-refractivity contribution is 0.596. The molecule has 4 heterocycles. The molecule has 0 amide bonds. The Balaban J connectivity index is 1.39. The van der Waals surface area contributed by atoms with Gasteiger partial charge in [0.15, 0.2) is 21.3 Å². The Morgan fingerprint density at radius 1 is 1.11 bits per heavy atom. The van der Waals surface area contributed by atoms with Gasteiger partial charge in [0.2, 0.25) is 5.95 Å². The zero-order valence-electron chi connectivity index (χ0n) is 19.3. The zero-order chi connectivity index (χ0) is 24.6. The minimum Gasteiger partial charge on any atom is -0.337 e. The molecule has 1 N–H and O–H groups in total. The fourth-order valence-electron chi connectivity index (χ4n) is 3.98. The van der Waals surface area contributed by atoms with Crippen LogP contribution in [0.4, 0.5) is 21.8 Å². The second-order valence-corrected chi connectivity index (χ2v) is 10.3. The van der Waals surface area contributed by atoms with Crippen molar-refractivity contribution >= 4 is 38.5 Å². The van der Waals surface area contributed by atoms with E-state index in [0.29, 0.717) is 18.0 Å². The summed E-state index contributed by atoms with van der Waals surface area (Å²) in [5.41, 5.74) is 3.83. The van der Waals surface area contributed by atoms with Crippen LogP contribution in [0.5, 0.6) is 0 Å². The summed E-state index contributed by atoms with van der Waals surface area (Å²) >= 11 is 0. The summed E-state index contributed by atoms with van der Waals surface area (Å²) in [7, 11) is -3.50. The van der Waals surface area contributed by atoms with Crippen LogP contribution in [0.3, 0.4) is 0 Å². The Bertz CT molecular complexity index is 1530. The van der Waals surface area contributed by atoms with Crippen molar-refractivity contribution in [3.8, 4) is 0 Å². The molecule has 0 fully saturated rings. The molecular weight excluding hydrogens is 469 g/mol. The molecule has 0 radical (unpaired) electrons. The second-order valence-electron chi connectivity index (χ2n) is 8.32. The number of nitrogens with zero attached hydrogens (tertiary/aromatic N) is 6. The van der Waals surface area contributed by atoms with Crippen molar-refractivity contribution in [2.75, 3.05) is 29.6 Å². The first-order chi connectivity index (χ1) is 16.8. The van der Waals surface area contributed by atoms with Crippen molar-refractivity contribution in [1.82, 2.24) is 24.3 Å². The Kier molecular flexibility index (Phi) is 5.93. The summed E-state index contributed by atoms with van der Waals surface area (Å²) in [5, 5.41) is 2.94. The molecule has 11 heteroatoms. The van der Waals surface area contributed by atoms with Gasteiger partial charge in [0, 0.05) is 44.1 Å². The molecule has 0 atom stereocenters. The molecule has 4 aromatic rings. The molecule has 1 aliphatic rings. The number of rotatable bonds is 6. The number of hydrogen-bond acceptors (Lipinski definition) is 8. The summed E-state index contributed by atoms with van der Waals surface area (Å²) in [6.07, 6.45) is 13.8. The Morgan fingerprint density at radius 2 is 1.91 bits per heavy atom. The van der Waals surface area contributed by atoms with Crippen LogP contribution in [0.2, 0.25) is 0 Å². The summed E-state index contributed by atoms with van der Waals surface area (Å²) < 4.78 is 39.8. The summed E-state index contributed by atoms with van der Waals surface area (Å²) in [5.74, 6) is 0.398. The molecule has 180 valence electrons. The van der Waals surface area contributed by atoms with E-state index in [1.807, 2.05) is 23.0 Å². The van der Waals surface area contributed by atoms with Crippen LogP contribution in [-0.2, 0) is 16.3 Å². The number of anilines is 3. The molecule has 0 aliphatic carbocycles. The highest BCUT2D eigenvalue weighted by atomic mass is 32.2. The number of halogens is 1. The van der Waals surface area contributed by atoms with Gasteiger partial charge in [-0.2, -0.15) is 0 Å². The number of nitrogens with one attached hydrogen (secondary N) is 1. The smallest absolute Gasteiger partial charge is 0.225 e. The number of fused-ring (bicyclic) bond motifs is 1. The fraction of sp³-hybridized carbons (Fsp3) is 0.250. The summed E-state index contributed by atoms with van der Waals surface area (Å²) in [6, 6.07) is 3.73. The van der Waals surface area contributed by atoms with Crippen molar-refractivity contribution in [2.45, 2.75) is 24.7 Å². The van der Waals surface area contributed by atoms with Gasteiger partial charge in [0.05, 0.1) is 22.5 Å². The minimum absolute atomic E-state index is 0.0835. The van der Waals surface area contributed by atoms with Gasteiger partial charge in [0.25, 0.3) is 0 Å². The molecule has 0 saturated carbocycles. The van der Waals surface area contributed by atoms with E-state index in [4.69, 9.17) is 0 Å². The van der Waals surface area contributed by atoms with E-state index >= 15 is 0 Å². The fourth-order valence-corrected chi connectivity index (χ4v) is 4.61. The molecule has 5 rings (SSSR count). The van der Waals surface area contributed by atoms with Crippen LogP contribution in [0.25, 0.3) is 11.2 Å². The normalized spacial score (nSPS) is 14.3. The molecule has 0 saturated heterocycles. The molecule has 9 nitrogen and oxygen atoms in total. The first-order valence-electron chi connectivity index (χ1n) is 11.2. The zero-order valence-corrected chi connectivity index (χ0v) is 20.1. The highest BCUT2D eigenvalue weighted by Crippen LogP contribution is 2.28. The summed E-state index contributed by atoms with van der Waals surface area (Å²) in [6.45, 7) is 3.53. The lowest BCUT2D eigenvalue weighted by Crippen LogP contribution is -2.30. The van der Waals surface area contributed by atoms with Crippen LogP contribution in [0.15, 0.2) is 60.2 Å². The molecule has 0 bridgehead atoms. The number of aryl methyl sites for hydroxylation is 1. The maximum Gasteiger partial charge on any atom is 0.225 e. The minimum atomic E-state index is -3.50. The van der Waals surface area contributed by atoms with E-state index in [2.05, 4.69) is 43.2 Å². The second kappa shape index (κ2) is 9.06. The topological polar surface area (TPSA) is 105 Å². The Labute approximate surface area is 202 Å². The quantitative estimate of drug-likeness (QED) is 0.434. The van der Waals surface area contributed by atoms with Crippen molar-refractivity contribution in [2.24, 2.45) is 0 Å². The average molecular weight is 494 g/mol. The van der Waals surface area contributed by atoms with Crippen molar-refractivity contribution in [3.63, 3.8) is 0 Å². The number of aromatic nitrogens is 5. The van der Waals surface area contributed by atoms with Gasteiger partial charge >= 0.3 is 0 Å². The van der Waals surface area contributed by atoms with Crippen LogP contribution in [0.1, 0.15) is 24.6 Å². The van der Waals surface area contributed by atoms with E-state index < -0.39 is 15.7 Å². The maximum absolute atomic E-state index is 14.6. The molecule has 35 heavy (non-hydrogen) atoms. The van der Waals surface area contributed by atoms with Gasteiger partial charge in [-0.3, -0.25) is 4.40 Å². The largest absolute Gasteiger partial charge is 0.337 e. The lowest BCUT2D eigenvalue weighted by Gasteiger charge is -2.26. The van der Waals surface area contributed by atoms with Gasteiger partial charge in [-0.25, -0.2) is 32.7 Å². The monoisotopic (exact) mass is 493 g/mol. The van der Waals surface area contributed by atoms with Crippen LogP contribution >= 0.6 is 0 Å². The number of benzene rings is 1. The first kappa shape index (κ1) is 22.9. The van der Waals surface area contributed by atoms with Gasteiger partial charge in [0.1, 0.15) is 5.82 Å². The van der Waals surface area contributed by atoms with E-state index in [0.717, 1.165) is 54.5 Å². The van der Waals surface area contributed by atoms with Crippen LogP contribution < -0.4 is 10.2 Å². The lowest BCUT2D eigenvalue weighted by atomic mass is 10.1. The van der Waals surface area contributed by atoms with E-state index in [1.165, 1.54) is 12.1 Å². The Morgan fingerprint density at radius 3 is 2.57 bits per heavy atom. The molecular formula is C24H24FN7O2S. The first-order valence-corrected chi connectivity index (χ1v) is 13.1. The van der Waals surface area contributed by atoms with Crippen LogP contribution in [0, 0.1) is 5.82 Å². The SMILES string of the molecule is CCc1cnc(N2CC=C(c3cnc4c(Nc5ccc(S(C)(=O)=O)cc5F)nccn34)CC2)nc1. The predicted molar refractivity (Wildman–Crippen MR) is 132 cm³/mol. The third kappa shape index (κ3) is 4.59. The molecule has 0 spiro atoms. The van der Waals surface area contributed by atoms with E-state index in [1.54, 1.807) is 12.4 Å². The number of imidazole rings is 1. The van der Waals surface area contributed by atoms with Crippen molar-refractivity contribution in [3.05, 3.63) is 72.3 Å². The highest BCUT2D eigenvalue weighted by Gasteiger charge is 2.19. The van der Waals surface area contributed by atoms with E-state index in [-0.39, 0.29) is 10.6 Å². The molecule has 3 aromatic heterocycles. The van der Waals surface area contributed by atoms with Gasteiger partial charge in [-0.05, 0) is 42.2 Å². The summed E-state index contributed by atoms with van der Waals surface area (Å²) in [4.78, 5) is 19.8. The van der Waals surface area contributed by atoms with E-state index in [9.17, 15) is 12.8 Å². The van der Waals surface area contributed by atoms with Gasteiger partial charge < -0.3 is 10.2 Å². The number of hydrogen-bond donors (Lipinski definition) is 1. The third-order valence-electron chi connectivity index (χ3n) is 5.97. The molecule has 1 aliphatic heterocycles. The van der Waals surface area contributed by atoms with Crippen molar-refractivity contribution in [1.29, 1.82) is 0 Å². The molecule has 1 aromatic carbocycles. The molecule has 0 unspecified atom stereocenters. The standard InChI is InChI=1S/C24H24FN7O2S/c1-3-16-13-28-24(29-14-16)31-9-6-17(7-10-31)21-15-27-23-22(26-8-11-32(21)23)30-20-5-4-18(12-19(20)25)35(2,33)34/h4-6,8,11-15H,3,7,9-10H2,1-2H3,(H,26,30). The maximum atomic E-state index is 14.6. The average Bonchev–Trinajstić information content (AvgIpc) is 3.30. The van der Waals surface area contributed by atoms with Crippen LogP contribution in [-0.4, -0.2) is 52.1 Å². The Hall–Kier alpha value is -3.86. The van der Waals surface area contributed by atoms with Gasteiger partial charge in [-0.1, -0.05) is 13.0 Å². The van der Waals surface area contributed by atoms with Gasteiger partial charge in [-0.15, -0.1) is 0 Å². The predicted octanol–water partition coefficient (Wildman–Crippen LogP) is 3.66. The highest BCUT2D eigenvalue weighted by molar-refractivity contribution is 7.90. The third-order valence-corrected chi connectivity index (χ3v) is 7.08. The number of sulfone groups is 1.